The molecule has 0 atom stereocenters. The first kappa shape index (κ1) is 15.3. The van der Waals surface area contributed by atoms with Crippen LogP contribution < -0.4 is 18.1 Å². The van der Waals surface area contributed by atoms with Crippen molar-refractivity contribution in [2.75, 3.05) is 26.7 Å². The van der Waals surface area contributed by atoms with Crippen LogP contribution in [0, 0.1) is 0 Å². The second-order valence-corrected chi connectivity index (χ2v) is 3.55. The standard InChI is InChI=1S/C10H23N2.ClH/c1-4-12(3,5-2)10-8-6-7-9-11;/h7,9H,4-6,8,10-11H2,1-3H3;1H/q+1;/p-1. The summed E-state index contributed by atoms with van der Waals surface area (Å²) in [6, 6.07) is 0. The Morgan fingerprint density at radius 2 is 1.77 bits per heavy atom. The first-order chi connectivity index (χ1) is 5.68. The highest BCUT2D eigenvalue weighted by Crippen LogP contribution is 2.04. The van der Waals surface area contributed by atoms with Crippen molar-refractivity contribution < 1.29 is 16.9 Å². The molecule has 0 aliphatic heterocycles. The van der Waals surface area contributed by atoms with E-state index in [2.05, 4.69) is 20.9 Å². The second-order valence-electron chi connectivity index (χ2n) is 3.55. The summed E-state index contributed by atoms with van der Waals surface area (Å²) in [5.41, 5.74) is 5.26. The fraction of sp³-hybridized carbons (Fsp3) is 0.800. The predicted octanol–water partition coefficient (Wildman–Crippen LogP) is -1.27. The Bertz CT molecular complexity index is 131. The molecule has 0 saturated carbocycles. The van der Waals surface area contributed by atoms with E-state index in [1.54, 1.807) is 6.20 Å². The molecule has 2 nitrogen and oxygen atoms in total. The summed E-state index contributed by atoms with van der Waals surface area (Å²) < 4.78 is 1.18. The van der Waals surface area contributed by atoms with E-state index in [0.29, 0.717) is 0 Å². The molecule has 0 unspecified atom stereocenters. The van der Waals surface area contributed by atoms with Gasteiger partial charge in [0.05, 0.1) is 26.7 Å². The summed E-state index contributed by atoms with van der Waals surface area (Å²) in [7, 11) is 2.31. The van der Waals surface area contributed by atoms with Crippen molar-refractivity contribution in [2.45, 2.75) is 26.7 Å². The number of halogens is 1. The molecule has 0 spiro atoms. The molecule has 2 N–H and O–H groups in total. The summed E-state index contributed by atoms with van der Waals surface area (Å²) in [5.74, 6) is 0. The third kappa shape index (κ3) is 6.91. The molecule has 0 aromatic rings. The van der Waals surface area contributed by atoms with Crippen molar-refractivity contribution in [3.05, 3.63) is 12.3 Å². The number of unbranched alkanes of at least 4 members (excludes halogenated alkanes) is 1. The predicted molar refractivity (Wildman–Crippen MR) is 54.7 cm³/mol. The van der Waals surface area contributed by atoms with Gasteiger partial charge in [-0.15, -0.1) is 0 Å². The zero-order valence-electron chi connectivity index (χ0n) is 9.09. The molecule has 3 heteroatoms. The van der Waals surface area contributed by atoms with Crippen LogP contribution in [-0.2, 0) is 0 Å². The van der Waals surface area contributed by atoms with Crippen LogP contribution in [0.15, 0.2) is 12.3 Å². The number of allylic oxidation sites excluding steroid dienone is 1. The van der Waals surface area contributed by atoms with E-state index in [4.69, 9.17) is 5.73 Å². The Morgan fingerprint density at radius 1 is 1.23 bits per heavy atom. The van der Waals surface area contributed by atoms with Gasteiger partial charge in [0.1, 0.15) is 0 Å². The number of hydrogen-bond acceptors (Lipinski definition) is 1. The Morgan fingerprint density at radius 3 is 2.15 bits per heavy atom. The van der Waals surface area contributed by atoms with Gasteiger partial charge in [0, 0.05) is 6.42 Å². The van der Waals surface area contributed by atoms with Gasteiger partial charge in [0.2, 0.25) is 0 Å². The second kappa shape index (κ2) is 8.39. The van der Waals surface area contributed by atoms with Crippen LogP contribution >= 0.6 is 0 Å². The summed E-state index contributed by atoms with van der Waals surface area (Å²) >= 11 is 0. The molecule has 80 valence electrons. The van der Waals surface area contributed by atoms with Crippen molar-refractivity contribution in [1.29, 1.82) is 0 Å². The van der Waals surface area contributed by atoms with Crippen molar-refractivity contribution in [3.8, 4) is 0 Å². The monoisotopic (exact) mass is 206 g/mol. The van der Waals surface area contributed by atoms with Crippen LogP contribution in [-0.4, -0.2) is 31.2 Å². The van der Waals surface area contributed by atoms with Crippen molar-refractivity contribution >= 4 is 0 Å². The van der Waals surface area contributed by atoms with Crippen molar-refractivity contribution in [3.63, 3.8) is 0 Å². The Kier molecular flexibility index (Phi) is 9.86. The summed E-state index contributed by atoms with van der Waals surface area (Å²) in [4.78, 5) is 0. The minimum Gasteiger partial charge on any atom is -1.00 e. The van der Waals surface area contributed by atoms with E-state index in [-0.39, 0.29) is 12.4 Å². The van der Waals surface area contributed by atoms with E-state index >= 15 is 0 Å². The van der Waals surface area contributed by atoms with E-state index in [0.717, 1.165) is 6.42 Å². The van der Waals surface area contributed by atoms with Gasteiger partial charge in [-0.25, -0.2) is 0 Å². The average Bonchev–Trinajstić information content (AvgIpc) is 2.12. The van der Waals surface area contributed by atoms with Crippen LogP contribution in [0.5, 0.6) is 0 Å². The normalized spacial score (nSPS) is 11.6. The fourth-order valence-corrected chi connectivity index (χ4v) is 1.23. The van der Waals surface area contributed by atoms with Crippen LogP contribution in [0.2, 0.25) is 0 Å². The molecular weight excluding hydrogens is 184 g/mol. The lowest BCUT2D eigenvalue weighted by Crippen LogP contribution is -3.00. The van der Waals surface area contributed by atoms with Crippen LogP contribution in [0.25, 0.3) is 0 Å². The zero-order chi connectivity index (χ0) is 9.45. The molecular formula is C10H23ClN2. The molecule has 0 heterocycles. The van der Waals surface area contributed by atoms with E-state index in [1.165, 1.54) is 30.5 Å². The molecule has 0 bridgehead atoms. The zero-order valence-corrected chi connectivity index (χ0v) is 9.85. The quantitative estimate of drug-likeness (QED) is 0.426. The topological polar surface area (TPSA) is 26.0 Å². The highest BCUT2D eigenvalue weighted by molar-refractivity contribution is 4.74. The molecule has 0 amide bonds. The van der Waals surface area contributed by atoms with Crippen LogP contribution in [0.4, 0.5) is 0 Å². The third-order valence-electron chi connectivity index (χ3n) is 2.73. The van der Waals surface area contributed by atoms with Gasteiger partial charge in [-0.3, -0.25) is 0 Å². The van der Waals surface area contributed by atoms with Gasteiger partial charge in [-0.05, 0) is 26.5 Å². The molecule has 0 rings (SSSR count). The molecule has 0 aromatic heterocycles. The van der Waals surface area contributed by atoms with Crippen LogP contribution in [0.1, 0.15) is 26.7 Å². The highest BCUT2D eigenvalue weighted by atomic mass is 35.5. The number of rotatable bonds is 6. The van der Waals surface area contributed by atoms with Gasteiger partial charge < -0.3 is 22.6 Å². The van der Waals surface area contributed by atoms with Gasteiger partial charge >= 0.3 is 0 Å². The number of quaternary nitrogens is 1. The minimum absolute atomic E-state index is 0. The van der Waals surface area contributed by atoms with Crippen molar-refractivity contribution in [1.82, 2.24) is 0 Å². The lowest BCUT2D eigenvalue weighted by Gasteiger charge is -2.31. The van der Waals surface area contributed by atoms with Gasteiger partial charge in [0.25, 0.3) is 0 Å². The molecule has 0 aromatic carbocycles. The molecule has 0 saturated heterocycles. The lowest BCUT2D eigenvalue weighted by molar-refractivity contribution is -0.906. The lowest BCUT2D eigenvalue weighted by atomic mass is 10.2. The van der Waals surface area contributed by atoms with Crippen LogP contribution in [0.3, 0.4) is 0 Å². The molecule has 13 heavy (non-hydrogen) atoms. The number of nitrogens with zero attached hydrogens (tertiary/aromatic N) is 1. The maximum Gasteiger partial charge on any atom is 0.0787 e. The Balaban J connectivity index is 0. The number of hydrogen-bond donors (Lipinski definition) is 1. The summed E-state index contributed by atoms with van der Waals surface area (Å²) in [5, 5.41) is 0. The maximum absolute atomic E-state index is 5.26. The number of nitrogens with two attached hydrogens (primary N) is 1. The molecule has 0 aliphatic carbocycles. The summed E-state index contributed by atoms with van der Waals surface area (Å²) in [6.07, 6.45) is 6.04. The summed E-state index contributed by atoms with van der Waals surface area (Å²) in [6.45, 7) is 8.22. The van der Waals surface area contributed by atoms with E-state index < -0.39 is 0 Å². The van der Waals surface area contributed by atoms with E-state index in [1.807, 2.05) is 6.08 Å². The van der Waals surface area contributed by atoms with Gasteiger partial charge in [-0.1, -0.05) is 6.08 Å². The first-order valence-electron chi connectivity index (χ1n) is 4.89. The largest absolute Gasteiger partial charge is 1.00 e. The molecule has 0 fully saturated rings. The maximum atomic E-state index is 5.26. The Labute approximate surface area is 88.8 Å². The molecule has 0 radical (unpaired) electrons. The van der Waals surface area contributed by atoms with Gasteiger partial charge in [0.15, 0.2) is 0 Å². The highest BCUT2D eigenvalue weighted by Gasteiger charge is 2.14. The fourth-order valence-electron chi connectivity index (χ4n) is 1.23. The SMILES string of the molecule is CC[N+](C)(CC)CCCC=CN.[Cl-]. The Hall–Kier alpha value is -0.210. The third-order valence-corrected chi connectivity index (χ3v) is 2.73. The molecule has 0 aliphatic rings. The van der Waals surface area contributed by atoms with E-state index in [9.17, 15) is 0 Å². The average molecular weight is 207 g/mol. The first-order valence-corrected chi connectivity index (χ1v) is 4.89. The van der Waals surface area contributed by atoms with Gasteiger partial charge in [-0.2, -0.15) is 0 Å². The minimum atomic E-state index is 0. The van der Waals surface area contributed by atoms with Crippen molar-refractivity contribution in [2.24, 2.45) is 5.73 Å². The smallest absolute Gasteiger partial charge is 0.0787 e.